The number of benzene rings is 2. The second kappa shape index (κ2) is 8.80. The van der Waals surface area contributed by atoms with Crippen molar-refractivity contribution >= 4 is 5.91 Å². The molecule has 2 aromatic rings. The Kier molecular flexibility index (Phi) is 6.22. The maximum atomic E-state index is 12.6. The Hall–Kier alpha value is -2.69. The number of ether oxygens (including phenoxy) is 3. The maximum absolute atomic E-state index is 12.6. The van der Waals surface area contributed by atoms with Gasteiger partial charge in [-0.15, -0.1) is 0 Å². The van der Waals surface area contributed by atoms with Gasteiger partial charge in [0.1, 0.15) is 19.0 Å². The van der Waals surface area contributed by atoms with E-state index in [-0.39, 0.29) is 12.5 Å². The van der Waals surface area contributed by atoms with Gasteiger partial charge in [-0.05, 0) is 36.6 Å². The first kappa shape index (κ1) is 19.1. The molecule has 0 spiro atoms. The van der Waals surface area contributed by atoms with Crippen molar-refractivity contribution in [3.8, 4) is 17.2 Å². The second-order valence-electron chi connectivity index (χ2n) is 6.86. The van der Waals surface area contributed by atoms with Crippen molar-refractivity contribution in [3.05, 3.63) is 53.6 Å². The fraction of sp³-hybridized carbons (Fsp3) is 0.409. The van der Waals surface area contributed by atoms with Crippen molar-refractivity contribution in [2.24, 2.45) is 0 Å². The molecule has 0 saturated heterocycles. The number of hydrogen-bond acceptors (Lipinski definition) is 4. The van der Waals surface area contributed by atoms with Crippen LogP contribution in [0.1, 0.15) is 37.8 Å². The number of amides is 1. The molecule has 0 atom stereocenters. The number of hydrogen-bond donors (Lipinski definition) is 0. The van der Waals surface area contributed by atoms with Crippen LogP contribution in [-0.4, -0.2) is 37.2 Å². The topological polar surface area (TPSA) is 48.0 Å². The van der Waals surface area contributed by atoms with Gasteiger partial charge in [-0.1, -0.05) is 38.1 Å². The molecule has 3 rings (SSSR count). The van der Waals surface area contributed by atoms with E-state index >= 15 is 0 Å². The first-order valence-electron chi connectivity index (χ1n) is 9.46. The van der Waals surface area contributed by atoms with Crippen LogP contribution in [0.4, 0.5) is 0 Å². The fourth-order valence-corrected chi connectivity index (χ4v) is 3.03. The number of rotatable bonds is 7. The second-order valence-corrected chi connectivity index (χ2v) is 6.86. The lowest BCUT2D eigenvalue weighted by atomic mass is 10.0. The summed E-state index contributed by atoms with van der Waals surface area (Å²) in [6.45, 7) is 8.42. The zero-order valence-electron chi connectivity index (χ0n) is 16.2. The average Bonchev–Trinajstić information content (AvgIpc) is 2.70. The molecule has 144 valence electrons. The van der Waals surface area contributed by atoms with Gasteiger partial charge in [0, 0.05) is 18.7 Å². The molecule has 0 unspecified atom stereocenters. The highest BCUT2D eigenvalue weighted by Crippen LogP contribution is 2.34. The van der Waals surface area contributed by atoms with Gasteiger partial charge in [0.15, 0.2) is 18.1 Å². The summed E-state index contributed by atoms with van der Waals surface area (Å²) >= 11 is 0. The molecule has 0 saturated carbocycles. The third kappa shape index (κ3) is 4.73. The van der Waals surface area contributed by atoms with Gasteiger partial charge in [0.2, 0.25) is 0 Å². The molecule has 1 aliphatic rings. The number of para-hydroxylation sites is 1. The van der Waals surface area contributed by atoms with Gasteiger partial charge in [-0.2, -0.15) is 0 Å². The van der Waals surface area contributed by atoms with Crippen molar-refractivity contribution in [3.63, 3.8) is 0 Å². The Morgan fingerprint density at radius 2 is 1.85 bits per heavy atom. The lowest BCUT2D eigenvalue weighted by Crippen LogP contribution is -2.34. The predicted molar refractivity (Wildman–Crippen MR) is 105 cm³/mol. The van der Waals surface area contributed by atoms with Crippen LogP contribution in [0, 0.1) is 0 Å². The zero-order valence-corrected chi connectivity index (χ0v) is 16.2. The van der Waals surface area contributed by atoms with E-state index in [1.54, 1.807) is 4.90 Å². The van der Waals surface area contributed by atoms with Gasteiger partial charge in [0.25, 0.3) is 5.91 Å². The maximum Gasteiger partial charge on any atom is 0.260 e. The van der Waals surface area contributed by atoms with Crippen LogP contribution < -0.4 is 14.2 Å². The minimum absolute atomic E-state index is 0.0151. The SMILES string of the molecule is CCN(Cc1cccc2c1OCCO2)C(=O)COc1ccc(C(C)C)cc1. The summed E-state index contributed by atoms with van der Waals surface area (Å²) in [6, 6.07) is 13.7. The zero-order chi connectivity index (χ0) is 19.2. The summed E-state index contributed by atoms with van der Waals surface area (Å²) in [7, 11) is 0. The number of fused-ring (bicyclic) bond motifs is 1. The van der Waals surface area contributed by atoms with Crippen molar-refractivity contribution < 1.29 is 19.0 Å². The molecule has 0 bridgehead atoms. The number of carbonyl (C=O) groups is 1. The molecule has 0 radical (unpaired) electrons. The minimum Gasteiger partial charge on any atom is -0.486 e. The van der Waals surface area contributed by atoms with E-state index in [1.165, 1.54) is 5.56 Å². The minimum atomic E-state index is -0.0558. The normalized spacial score (nSPS) is 12.7. The Morgan fingerprint density at radius 1 is 1.11 bits per heavy atom. The molecule has 0 aromatic heterocycles. The molecule has 5 nitrogen and oxygen atoms in total. The van der Waals surface area contributed by atoms with Crippen LogP contribution in [0.2, 0.25) is 0 Å². The Morgan fingerprint density at radius 3 is 2.56 bits per heavy atom. The van der Waals surface area contributed by atoms with Crippen molar-refractivity contribution in [1.29, 1.82) is 0 Å². The van der Waals surface area contributed by atoms with Crippen molar-refractivity contribution in [1.82, 2.24) is 4.90 Å². The summed E-state index contributed by atoms with van der Waals surface area (Å²) in [5, 5.41) is 0. The molecular weight excluding hydrogens is 342 g/mol. The van der Waals surface area contributed by atoms with Gasteiger partial charge < -0.3 is 19.1 Å². The molecule has 1 amide bonds. The standard InChI is InChI=1S/C22H27NO4/c1-4-23(14-18-6-5-7-20-22(18)26-13-12-25-20)21(24)15-27-19-10-8-17(9-11-19)16(2)3/h5-11,16H,4,12-15H2,1-3H3. The molecule has 0 N–H and O–H groups in total. The first-order valence-corrected chi connectivity index (χ1v) is 9.46. The Bertz CT molecular complexity index is 770. The quantitative estimate of drug-likeness (QED) is 0.740. The predicted octanol–water partition coefficient (Wildman–Crippen LogP) is 4.01. The smallest absolute Gasteiger partial charge is 0.260 e. The third-order valence-electron chi connectivity index (χ3n) is 4.65. The lowest BCUT2D eigenvalue weighted by Gasteiger charge is -2.25. The number of carbonyl (C=O) groups excluding carboxylic acids is 1. The van der Waals surface area contributed by atoms with Crippen LogP contribution >= 0.6 is 0 Å². The van der Waals surface area contributed by atoms with Crippen LogP contribution in [0.15, 0.2) is 42.5 Å². The summed E-state index contributed by atoms with van der Waals surface area (Å²) in [5.74, 6) is 2.60. The largest absolute Gasteiger partial charge is 0.486 e. The molecule has 2 aromatic carbocycles. The van der Waals surface area contributed by atoms with Gasteiger partial charge in [-0.3, -0.25) is 4.79 Å². The Balaban J connectivity index is 1.61. The molecule has 27 heavy (non-hydrogen) atoms. The summed E-state index contributed by atoms with van der Waals surface area (Å²) in [4.78, 5) is 14.4. The van der Waals surface area contributed by atoms with Crippen LogP contribution in [0.5, 0.6) is 17.2 Å². The third-order valence-corrected chi connectivity index (χ3v) is 4.65. The molecule has 5 heteroatoms. The summed E-state index contributed by atoms with van der Waals surface area (Å²) in [5.41, 5.74) is 2.20. The van der Waals surface area contributed by atoms with Crippen molar-refractivity contribution in [2.45, 2.75) is 33.2 Å². The highest BCUT2D eigenvalue weighted by Gasteiger charge is 2.20. The monoisotopic (exact) mass is 369 g/mol. The average molecular weight is 369 g/mol. The highest BCUT2D eigenvalue weighted by molar-refractivity contribution is 5.78. The van der Waals surface area contributed by atoms with E-state index in [0.717, 1.165) is 17.1 Å². The van der Waals surface area contributed by atoms with Gasteiger partial charge >= 0.3 is 0 Å². The van der Waals surface area contributed by atoms with Gasteiger partial charge in [-0.25, -0.2) is 0 Å². The van der Waals surface area contributed by atoms with Gasteiger partial charge in [0.05, 0.1) is 0 Å². The van der Waals surface area contributed by atoms with E-state index in [0.29, 0.717) is 38.0 Å². The van der Waals surface area contributed by atoms with E-state index in [9.17, 15) is 4.79 Å². The summed E-state index contributed by atoms with van der Waals surface area (Å²) in [6.07, 6.45) is 0. The van der Waals surface area contributed by atoms with Crippen LogP contribution in [0.25, 0.3) is 0 Å². The van der Waals surface area contributed by atoms with E-state index < -0.39 is 0 Å². The molecule has 0 fully saturated rings. The lowest BCUT2D eigenvalue weighted by molar-refractivity contribution is -0.133. The van der Waals surface area contributed by atoms with Crippen LogP contribution in [0.3, 0.4) is 0 Å². The number of likely N-dealkylation sites (N-methyl/N-ethyl adjacent to an activating group) is 1. The first-order chi connectivity index (χ1) is 13.1. The number of nitrogens with zero attached hydrogens (tertiary/aromatic N) is 1. The Labute approximate surface area is 160 Å². The van der Waals surface area contributed by atoms with E-state index in [1.807, 2.05) is 49.4 Å². The molecule has 1 aliphatic heterocycles. The fourth-order valence-electron chi connectivity index (χ4n) is 3.03. The van der Waals surface area contributed by atoms with E-state index in [2.05, 4.69) is 13.8 Å². The molecular formula is C22H27NO4. The molecule has 1 heterocycles. The van der Waals surface area contributed by atoms with Crippen LogP contribution in [-0.2, 0) is 11.3 Å². The molecule has 0 aliphatic carbocycles. The van der Waals surface area contributed by atoms with E-state index in [4.69, 9.17) is 14.2 Å². The highest BCUT2D eigenvalue weighted by atomic mass is 16.6. The summed E-state index contributed by atoms with van der Waals surface area (Å²) < 4.78 is 17.1. The van der Waals surface area contributed by atoms with Crippen molar-refractivity contribution in [2.75, 3.05) is 26.4 Å².